The van der Waals surface area contributed by atoms with E-state index >= 15 is 0 Å². The van der Waals surface area contributed by atoms with Crippen molar-refractivity contribution in [3.8, 4) is 0 Å². The van der Waals surface area contributed by atoms with E-state index in [0.29, 0.717) is 5.92 Å². The molecule has 3 heterocycles. The molecule has 1 aliphatic rings. The maximum atomic E-state index is 6.75. The Kier molecular flexibility index (Phi) is 8.22. The molecule has 3 aromatic heterocycles. The molecule has 5 heteroatoms. The lowest BCUT2D eigenvalue weighted by molar-refractivity contribution is 0.560. The molecular formula is C59H42N2O2S. The summed E-state index contributed by atoms with van der Waals surface area (Å²) in [6.07, 6.45) is 3.25. The first-order chi connectivity index (χ1) is 31.4. The zero-order valence-electron chi connectivity index (χ0n) is 35.7. The maximum Gasteiger partial charge on any atom is 0.159 e. The highest BCUT2D eigenvalue weighted by atomic mass is 32.1. The first-order valence-corrected chi connectivity index (χ1v) is 22.9. The van der Waals surface area contributed by atoms with Crippen molar-refractivity contribution in [3.05, 3.63) is 198 Å². The molecule has 1 aliphatic carbocycles. The number of hydrogen-bond acceptors (Lipinski definition) is 5. The molecule has 1 unspecified atom stereocenters. The predicted octanol–water partition coefficient (Wildman–Crippen LogP) is 15.9. The van der Waals surface area contributed by atoms with Gasteiger partial charge in [-0.3, -0.25) is 0 Å². The Bertz CT molecular complexity index is 3990. The lowest BCUT2D eigenvalue weighted by atomic mass is 9.95. The molecule has 0 spiro atoms. The van der Waals surface area contributed by atoms with E-state index in [1.54, 1.807) is 0 Å². The molecule has 0 fully saturated rings. The molecule has 0 aliphatic heterocycles. The maximum absolute atomic E-state index is 6.75. The van der Waals surface area contributed by atoms with Gasteiger partial charge in [0.05, 0.1) is 11.4 Å². The van der Waals surface area contributed by atoms with Gasteiger partial charge in [0.25, 0.3) is 0 Å². The van der Waals surface area contributed by atoms with Crippen LogP contribution in [-0.2, 0) is 0 Å². The first-order valence-electron chi connectivity index (χ1n) is 22.1. The summed E-state index contributed by atoms with van der Waals surface area (Å²) in [7, 11) is 0. The number of fused-ring (bicyclic) bond motifs is 14. The molecule has 1 atom stereocenters. The van der Waals surface area contributed by atoms with Crippen molar-refractivity contribution in [2.75, 3.05) is 9.80 Å². The molecule has 9 aromatic carbocycles. The first kappa shape index (κ1) is 37.0. The van der Waals surface area contributed by atoms with Gasteiger partial charge in [0.15, 0.2) is 11.0 Å². The Morgan fingerprint density at radius 3 is 1.83 bits per heavy atom. The van der Waals surface area contributed by atoms with Gasteiger partial charge in [0.1, 0.15) is 11.2 Å². The third kappa shape index (κ3) is 5.67. The van der Waals surface area contributed by atoms with Crippen LogP contribution in [0.2, 0.25) is 0 Å². The van der Waals surface area contributed by atoms with Gasteiger partial charge < -0.3 is 18.6 Å². The minimum Gasteiger partial charge on any atom is -0.454 e. The third-order valence-electron chi connectivity index (χ3n) is 13.3. The summed E-state index contributed by atoms with van der Waals surface area (Å²) in [6, 6.07) is 64.0. The van der Waals surface area contributed by atoms with Crippen LogP contribution < -0.4 is 20.4 Å². The largest absolute Gasteiger partial charge is 0.454 e. The second kappa shape index (κ2) is 14.2. The minimum atomic E-state index is 0.342. The molecule has 0 bridgehead atoms. The quantitative estimate of drug-likeness (QED) is 0.156. The fourth-order valence-corrected chi connectivity index (χ4v) is 11.6. The SMILES string of the molecule is Cc1ccc(N(C2=c3oc4ccccc4c3=CC(C)C2)c2ccc3c(c2)c2ccccc2c2c4ccc(N(c5ccc(C)cc5)c5cccc6c5oc5ccccc56)cc4sc32)cc1. The molecule has 306 valence electrons. The molecular weight excluding hydrogens is 801 g/mol. The highest BCUT2D eigenvalue weighted by Gasteiger charge is 2.26. The van der Waals surface area contributed by atoms with Gasteiger partial charge in [-0.2, -0.15) is 0 Å². The molecule has 12 aromatic rings. The lowest BCUT2D eigenvalue weighted by Gasteiger charge is -2.30. The smallest absolute Gasteiger partial charge is 0.159 e. The van der Waals surface area contributed by atoms with Crippen LogP contribution in [0.5, 0.6) is 0 Å². The molecule has 13 rings (SSSR count). The van der Waals surface area contributed by atoms with E-state index in [0.717, 1.165) is 67.8 Å². The van der Waals surface area contributed by atoms with Crippen LogP contribution in [-0.4, -0.2) is 0 Å². The van der Waals surface area contributed by atoms with Crippen LogP contribution in [0, 0.1) is 19.8 Å². The molecule has 4 nitrogen and oxygen atoms in total. The number of benzene rings is 9. The Labute approximate surface area is 373 Å². The summed E-state index contributed by atoms with van der Waals surface area (Å²) < 4.78 is 15.9. The molecule has 0 amide bonds. The van der Waals surface area contributed by atoms with E-state index in [-0.39, 0.29) is 0 Å². The minimum absolute atomic E-state index is 0.342. The molecule has 0 N–H and O–H groups in total. The second-order valence-corrected chi connectivity index (χ2v) is 18.5. The zero-order chi connectivity index (χ0) is 42.6. The zero-order valence-corrected chi connectivity index (χ0v) is 36.5. The summed E-state index contributed by atoms with van der Waals surface area (Å²) in [5.74, 6) is 0.342. The van der Waals surface area contributed by atoms with Crippen molar-refractivity contribution in [1.82, 2.24) is 0 Å². The monoisotopic (exact) mass is 842 g/mol. The summed E-state index contributed by atoms with van der Waals surface area (Å²) in [6.45, 7) is 6.60. The number of aryl methyl sites for hydroxylation is 2. The Hall–Kier alpha value is -7.60. The number of thiophene rings is 1. The average Bonchev–Trinajstić information content (AvgIpc) is 4.03. The van der Waals surface area contributed by atoms with Crippen molar-refractivity contribution in [3.63, 3.8) is 0 Å². The number of nitrogens with zero attached hydrogens (tertiary/aromatic N) is 2. The number of para-hydroxylation sites is 3. The summed E-state index contributed by atoms with van der Waals surface area (Å²) in [4.78, 5) is 4.80. The van der Waals surface area contributed by atoms with Gasteiger partial charge in [-0.05, 0) is 109 Å². The van der Waals surface area contributed by atoms with E-state index in [1.165, 1.54) is 69.1 Å². The van der Waals surface area contributed by atoms with Crippen LogP contribution in [0.3, 0.4) is 0 Å². The number of furan rings is 2. The fraction of sp³-hybridized carbons (Fsp3) is 0.0847. The Morgan fingerprint density at radius 2 is 1.08 bits per heavy atom. The van der Waals surface area contributed by atoms with Crippen LogP contribution in [0.25, 0.3) is 86.4 Å². The van der Waals surface area contributed by atoms with E-state index in [2.05, 4.69) is 207 Å². The number of hydrogen-bond donors (Lipinski definition) is 0. The summed E-state index contributed by atoms with van der Waals surface area (Å²) in [5, 5.41) is 12.2. The van der Waals surface area contributed by atoms with E-state index in [4.69, 9.17) is 8.83 Å². The predicted molar refractivity (Wildman–Crippen MR) is 271 cm³/mol. The Balaban J connectivity index is 1.03. The van der Waals surface area contributed by atoms with Crippen molar-refractivity contribution in [2.24, 2.45) is 5.92 Å². The van der Waals surface area contributed by atoms with Crippen molar-refractivity contribution in [1.29, 1.82) is 0 Å². The highest BCUT2D eigenvalue weighted by molar-refractivity contribution is 7.27. The topological polar surface area (TPSA) is 32.8 Å². The van der Waals surface area contributed by atoms with E-state index in [1.807, 2.05) is 17.4 Å². The van der Waals surface area contributed by atoms with Crippen LogP contribution in [0.15, 0.2) is 185 Å². The fourth-order valence-electron chi connectivity index (χ4n) is 10.3. The van der Waals surface area contributed by atoms with Gasteiger partial charge in [-0.1, -0.05) is 133 Å². The third-order valence-corrected chi connectivity index (χ3v) is 14.5. The van der Waals surface area contributed by atoms with E-state index in [9.17, 15) is 0 Å². The van der Waals surface area contributed by atoms with Gasteiger partial charge in [-0.15, -0.1) is 11.3 Å². The normalized spacial score (nSPS) is 14.0. The average molecular weight is 843 g/mol. The van der Waals surface area contributed by atoms with Crippen molar-refractivity contribution in [2.45, 2.75) is 27.2 Å². The van der Waals surface area contributed by atoms with Crippen LogP contribution in [0.1, 0.15) is 24.5 Å². The highest BCUT2D eigenvalue weighted by Crippen LogP contribution is 2.49. The van der Waals surface area contributed by atoms with Crippen molar-refractivity contribution < 1.29 is 8.83 Å². The molecule has 64 heavy (non-hydrogen) atoms. The Morgan fingerprint density at radius 1 is 0.484 bits per heavy atom. The lowest BCUT2D eigenvalue weighted by Crippen LogP contribution is -2.35. The summed E-state index contributed by atoms with van der Waals surface area (Å²) >= 11 is 1.88. The summed E-state index contributed by atoms with van der Waals surface area (Å²) in [5.41, 5.74) is 12.7. The van der Waals surface area contributed by atoms with Gasteiger partial charge >= 0.3 is 0 Å². The molecule has 0 radical (unpaired) electrons. The van der Waals surface area contributed by atoms with Gasteiger partial charge in [-0.25, -0.2) is 0 Å². The van der Waals surface area contributed by atoms with Gasteiger partial charge in [0, 0.05) is 69.7 Å². The van der Waals surface area contributed by atoms with Gasteiger partial charge in [0.2, 0.25) is 0 Å². The molecule has 0 saturated carbocycles. The molecule has 0 saturated heterocycles. The second-order valence-electron chi connectivity index (χ2n) is 17.5. The standard InChI is InChI=1S/C59H42N2O2S/c1-35-19-23-38(24-20-35)60(51-16-10-15-46-43-12-6-8-17-53(43)62-57(46)51)41-28-30-48-55(34-41)64-59-47-29-27-40(33-49(47)42-11-4-5-14-45(42)56(48)59)61(39-25-21-36(2)22-26-39)52-32-37(3)31-50-44-13-7-9-18-54(44)63-58(50)52/h4-31,33-34,37H,32H2,1-3H3. The van der Waals surface area contributed by atoms with Crippen LogP contribution >= 0.6 is 11.3 Å². The van der Waals surface area contributed by atoms with Crippen LogP contribution in [0.4, 0.5) is 28.4 Å². The van der Waals surface area contributed by atoms with Crippen molar-refractivity contribution >= 4 is 126 Å². The van der Waals surface area contributed by atoms with E-state index < -0.39 is 0 Å². The number of rotatable bonds is 6. The number of anilines is 5.